The summed E-state index contributed by atoms with van der Waals surface area (Å²) in [5, 5.41) is 3.30. The number of nitrogens with one attached hydrogen (secondary N) is 1. The maximum atomic E-state index is 12.8. The van der Waals surface area contributed by atoms with E-state index in [1.54, 1.807) is 7.11 Å². The number of rotatable bonds is 8. The van der Waals surface area contributed by atoms with Crippen molar-refractivity contribution in [1.82, 2.24) is 5.32 Å². The Morgan fingerprint density at radius 2 is 1.86 bits per heavy atom. The summed E-state index contributed by atoms with van der Waals surface area (Å²) in [7, 11) is 1.77. The molecule has 0 radical (unpaired) electrons. The Balaban J connectivity index is 1.27. The van der Waals surface area contributed by atoms with Crippen molar-refractivity contribution in [3.8, 4) is 5.75 Å². The number of benzene rings is 1. The number of methoxy groups -OCH3 is 1. The summed E-state index contributed by atoms with van der Waals surface area (Å²) in [6, 6.07) is 8.28. The first-order chi connectivity index (χ1) is 14.0. The number of amides is 1. The van der Waals surface area contributed by atoms with Crippen LogP contribution in [0.2, 0.25) is 0 Å². The lowest BCUT2D eigenvalue weighted by Gasteiger charge is -2.69. The van der Waals surface area contributed by atoms with Crippen molar-refractivity contribution in [3.63, 3.8) is 0 Å². The summed E-state index contributed by atoms with van der Waals surface area (Å²) in [4.78, 5) is 12.8. The van der Waals surface area contributed by atoms with E-state index in [0.29, 0.717) is 29.8 Å². The number of hydrogen-bond acceptors (Lipinski definition) is 4. The normalized spacial score (nSPS) is 33.4. The second-order valence-corrected chi connectivity index (χ2v) is 9.06. The second-order valence-electron chi connectivity index (χ2n) is 9.06. The van der Waals surface area contributed by atoms with Crippen LogP contribution >= 0.6 is 0 Å². The Morgan fingerprint density at radius 3 is 2.41 bits per heavy atom. The minimum absolute atomic E-state index is 0.144. The molecule has 1 aromatic rings. The van der Waals surface area contributed by atoms with Gasteiger partial charge in [0.2, 0.25) is 5.91 Å². The summed E-state index contributed by atoms with van der Waals surface area (Å²) in [5.41, 5.74) is 7.12. The molecule has 0 heterocycles. The van der Waals surface area contributed by atoms with Crippen LogP contribution in [0.5, 0.6) is 5.75 Å². The molecule has 0 unspecified atom stereocenters. The van der Waals surface area contributed by atoms with Gasteiger partial charge in [0, 0.05) is 25.3 Å². The van der Waals surface area contributed by atoms with E-state index in [9.17, 15) is 9.18 Å². The van der Waals surface area contributed by atoms with E-state index in [-0.39, 0.29) is 29.9 Å². The number of carbonyl (C=O) groups is 1. The number of halogens is 1. The third kappa shape index (κ3) is 3.80. The fourth-order valence-corrected chi connectivity index (χ4v) is 5.33. The Hall–Kier alpha value is -1.92. The average molecular weight is 403 g/mol. The van der Waals surface area contributed by atoms with Gasteiger partial charge in [-0.05, 0) is 68.1 Å². The molecule has 0 atom stereocenters. The van der Waals surface area contributed by atoms with Crippen LogP contribution in [-0.4, -0.2) is 38.3 Å². The Kier molecular flexibility index (Phi) is 5.67. The van der Waals surface area contributed by atoms with Gasteiger partial charge in [-0.1, -0.05) is 12.1 Å². The highest BCUT2D eigenvalue weighted by atomic mass is 19.1. The molecular formula is C23H31FN2O3. The van der Waals surface area contributed by atoms with Crippen LogP contribution in [0.3, 0.4) is 0 Å². The molecule has 4 aliphatic carbocycles. The van der Waals surface area contributed by atoms with Crippen molar-refractivity contribution in [2.75, 3.05) is 20.3 Å². The van der Waals surface area contributed by atoms with Crippen LogP contribution in [0.4, 0.5) is 4.39 Å². The van der Waals surface area contributed by atoms with E-state index in [1.807, 2.05) is 12.1 Å². The van der Waals surface area contributed by atoms with Gasteiger partial charge in [0.1, 0.15) is 12.4 Å². The molecular weight excluding hydrogens is 371 g/mol. The van der Waals surface area contributed by atoms with Gasteiger partial charge in [0.15, 0.2) is 0 Å². The maximum Gasteiger partial charge on any atom is 0.226 e. The second kappa shape index (κ2) is 8.07. The van der Waals surface area contributed by atoms with E-state index in [1.165, 1.54) is 5.56 Å². The van der Waals surface area contributed by atoms with Crippen molar-refractivity contribution < 1.29 is 18.7 Å². The lowest BCUT2D eigenvalue weighted by Crippen LogP contribution is -2.70. The molecule has 0 aliphatic heterocycles. The van der Waals surface area contributed by atoms with Gasteiger partial charge in [0.05, 0.1) is 17.8 Å². The minimum atomic E-state index is -0.158. The van der Waals surface area contributed by atoms with Gasteiger partial charge in [-0.25, -0.2) is 4.39 Å². The topological polar surface area (TPSA) is 73.6 Å². The van der Waals surface area contributed by atoms with Crippen molar-refractivity contribution in [2.24, 2.45) is 11.1 Å². The molecule has 3 N–H and O–H groups in total. The third-order valence-electron chi connectivity index (χ3n) is 7.16. The van der Waals surface area contributed by atoms with E-state index in [2.05, 4.69) is 17.4 Å². The van der Waals surface area contributed by atoms with Crippen LogP contribution in [-0.2, 0) is 14.9 Å². The first-order valence-corrected chi connectivity index (χ1v) is 10.6. The summed E-state index contributed by atoms with van der Waals surface area (Å²) in [5.74, 6) is 0.944. The van der Waals surface area contributed by atoms with Crippen LogP contribution in [0, 0.1) is 5.41 Å². The molecule has 4 aliphatic rings. The van der Waals surface area contributed by atoms with Gasteiger partial charge in [-0.2, -0.15) is 0 Å². The Morgan fingerprint density at radius 1 is 1.21 bits per heavy atom. The number of hydrogen-bond donors (Lipinski definition) is 2. The Labute approximate surface area is 171 Å². The molecule has 5 nitrogen and oxygen atoms in total. The first kappa shape index (κ1) is 20.4. The number of nitrogens with two attached hydrogens (primary N) is 1. The fraction of sp³-hybridized carbons (Fsp3) is 0.609. The molecule has 1 amide bonds. The minimum Gasteiger partial charge on any atom is -0.489 e. The quantitative estimate of drug-likeness (QED) is 0.699. The van der Waals surface area contributed by atoms with Crippen LogP contribution < -0.4 is 15.8 Å². The zero-order chi connectivity index (χ0) is 20.5. The predicted molar refractivity (Wildman–Crippen MR) is 109 cm³/mol. The number of carbonyl (C=O) groups excluding carboxylic acids is 1. The standard InChI is InChI=1S/C23H31FN2O3/c1-28-19-8-4-18(5-9-19)26-21(27)23-13-22(14-23,15-23)17-2-6-20(7-3-17)29-12-16(10-24)11-25/h2-3,6-7,10,18-19H,4-5,8-9,11-15,25H2,1H3,(H,26,27)/b16-10+/t18-,19+,22?,23?. The monoisotopic (exact) mass is 402 g/mol. The largest absolute Gasteiger partial charge is 0.489 e. The smallest absolute Gasteiger partial charge is 0.226 e. The molecule has 0 spiro atoms. The van der Waals surface area contributed by atoms with Crippen LogP contribution in [0.25, 0.3) is 0 Å². The highest BCUT2D eigenvalue weighted by Crippen LogP contribution is 2.73. The Bertz CT molecular complexity index is 749. The SMILES string of the molecule is CO[C@H]1CC[C@@H](NC(=O)C23CC(c4ccc(OC/C(=C/F)CN)cc4)(C2)C3)CC1. The molecule has 5 rings (SSSR count). The van der Waals surface area contributed by atoms with Gasteiger partial charge in [-0.15, -0.1) is 0 Å². The van der Waals surface area contributed by atoms with Crippen molar-refractivity contribution in [1.29, 1.82) is 0 Å². The first-order valence-electron chi connectivity index (χ1n) is 10.6. The van der Waals surface area contributed by atoms with E-state index in [0.717, 1.165) is 44.9 Å². The predicted octanol–water partition coefficient (Wildman–Crippen LogP) is 3.37. The van der Waals surface area contributed by atoms with E-state index in [4.69, 9.17) is 15.2 Å². The van der Waals surface area contributed by atoms with Gasteiger partial charge in [0.25, 0.3) is 0 Å². The molecule has 0 saturated heterocycles. The van der Waals surface area contributed by atoms with Crippen molar-refractivity contribution in [3.05, 3.63) is 41.7 Å². The molecule has 4 fully saturated rings. The summed E-state index contributed by atoms with van der Waals surface area (Å²) in [6.07, 6.45) is 7.73. The molecule has 0 aromatic heterocycles. The maximum absolute atomic E-state index is 12.8. The summed E-state index contributed by atoms with van der Waals surface area (Å²) >= 11 is 0. The molecule has 2 bridgehead atoms. The van der Waals surface area contributed by atoms with Gasteiger partial charge >= 0.3 is 0 Å². The lowest BCUT2D eigenvalue weighted by atomic mass is 9.33. The highest BCUT2D eigenvalue weighted by Gasteiger charge is 2.71. The molecule has 1 aromatic carbocycles. The van der Waals surface area contributed by atoms with Gasteiger partial charge in [-0.3, -0.25) is 4.79 Å². The van der Waals surface area contributed by atoms with Crippen molar-refractivity contribution in [2.45, 2.75) is 62.5 Å². The molecule has 4 saturated carbocycles. The van der Waals surface area contributed by atoms with Gasteiger partial charge < -0.3 is 20.5 Å². The van der Waals surface area contributed by atoms with E-state index >= 15 is 0 Å². The zero-order valence-electron chi connectivity index (χ0n) is 17.1. The lowest BCUT2D eigenvalue weighted by molar-refractivity contribution is -0.177. The summed E-state index contributed by atoms with van der Waals surface area (Å²) in [6.45, 7) is 0.308. The summed E-state index contributed by atoms with van der Waals surface area (Å²) < 4.78 is 23.6. The fourth-order valence-electron chi connectivity index (χ4n) is 5.33. The molecule has 29 heavy (non-hydrogen) atoms. The molecule has 6 heteroatoms. The highest BCUT2D eigenvalue weighted by molar-refractivity contribution is 5.87. The molecule has 158 valence electrons. The van der Waals surface area contributed by atoms with Crippen LogP contribution in [0.15, 0.2) is 36.2 Å². The van der Waals surface area contributed by atoms with Crippen molar-refractivity contribution >= 4 is 5.91 Å². The number of ether oxygens (including phenoxy) is 2. The third-order valence-corrected chi connectivity index (χ3v) is 7.16. The average Bonchev–Trinajstić information content (AvgIpc) is 2.68. The van der Waals surface area contributed by atoms with Crippen LogP contribution in [0.1, 0.15) is 50.5 Å². The zero-order valence-corrected chi connectivity index (χ0v) is 17.1. The van der Waals surface area contributed by atoms with E-state index < -0.39 is 0 Å².